The monoisotopic (exact) mass is 489 g/mol. The molecule has 1 N–H and O–H groups in total. The molecule has 10 heteroatoms. The smallest absolute Gasteiger partial charge is 0.340 e. The van der Waals surface area contributed by atoms with Crippen molar-refractivity contribution in [3.63, 3.8) is 0 Å². The molecule has 0 spiro atoms. The Kier molecular flexibility index (Phi) is 7.59. The molecule has 1 aromatic heterocycles. The molecule has 0 radical (unpaired) electrons. The number of methoxy groups -OCH3 is 3. The van der Waals surface area contributed by atoms with Crippen LogP contribution in [0.4, 0.5) is 5.69 Å². The second kappa shape index (κ2) is 10.4. The average Bonchev–Trinajstić information content (AvgIpc) is 3.30. The fourth-order valence-electron chi connectivity index (χ4n) is 2.75. The summed E-state index contributed by atoms with van der Waals surface area (Å²) in [6, 6.07) is 10.4. The van der Waals surface area contributed by atoms with E-state index < -0.39 is 5.97 Å². The lowest BCUT2D eigenvalue weighted by Crippen LogP contribution is -2.07. The second-order valence-corrected chi connectivity index (χ2v) is 7.90. The van der Waals surface area contributed by atoms with E-state index in [0.717, 1.165) is 5.56 Å². The number of hydrogen-bond acceptors (Lipinski definition) is 8. The number of benzene rings is 2. The SMILES string of the molecule is COC(=O)c1cc(OC)c(OC)cc1N/C=C(\C#N)c1nc(-c2ccc(Cl)c(Cl)c2)cs1. The number of nitriles is 1. The summed E-state index contributed by atoms with van der Waals surface area (Å²) in [4.78, 5) is 16.7. The average molecular weight is 490 g/mol. The van der Waals surface area contributed by atoms with Gasteiger partial charge in [0.15, 0.2) is 11.5 Å². The number of aromatic nitrogens is 1. The van der Waals surface area contributed by atoms with Gasteiger partial charge in [-0.2, -0.15) is 5.26 Å². The maximum atomic E-state index is 12.2. The van der Waals surface area contributed by atoms with Crippen LogP contribution in [-0.2, 0) is 4.74 Å². The predicted molar refractivity (Wildman–Crippen MR) is 126 cm³/mol. The topological polar surface area (TPSA) is 93.5 Å². The molecule has 3 rings (SSSR count). The quantitative estimate of drug-likeness (QED) is 0.326. The Hall–Kier alpha value is -3.25. The van der Waals surface area contributed by atoms with Gasteiger partial charge in [-0.05, 0) is 12.1 Å². The highest BCUT2D eigenvalue weighted by molar-refractivity contribution is 7.11. The minimum Gasteiger partial charge on any atom is -0.493 e. The molecule has 0 saturated carbocycles. The number of anilines is 1. The van der Waals surface area contributed by atoms with Crippen molar-refractivity contribution in [1.82, 2.24) is 4.98 Å². The third kappa shape index (κ3) is 4.97. The number of nitrogens with zero attached hydrogens (tertiary/aromatic N) is 2. The number of nitrogens with one attached hydrogen (secondary N) is 1. The lowest BCUT2D eigenvalue weighted by atomic mass is 10.1. The largest absolute Gasteiger partial charge is 0.493 e. The molecule has 0 aliphatic carbocycles. The molecular weight excluding hydrogens is 473 g/mol. The summed E-state index contributed by atoms with van der Waals surface area (Å²) >= 11 is 13.4. The molecule has 3 aromatic rings. The van der Waals surface area contributed by atoms with Crippen LogP contribution in [0, 0.1) is 11.3 Å². The van der Waals surface area contributed by atoms with E-state index in [2.05, 4.69) is 16.4 Å². The van der Waals surface area contributed by atoms with Crippen molar-refractivity contribution in [2.24, 2.45) is 0 Å². The highest BCUT2D eigenvalue weighted by Gasteiger charge is 2.18. The number of carbonyl (C=O) groups excluding carboxylic acids is 1. The van der Waals surface area contributed by atoms with Crippen LogP contribution in [0.15, 0.2) is 41.9 Å². The van der Waals surface area contributed by atoms with Crippen LogP contribution in [0.25, 0.3) is 16.8 Å². The van der Waals surface area contributed by atoms with E-state index in [4.69, 9.17) is 37.4 Å². The minimum atomic E-state index is -0.573. The molecule has 2 aromatic carbocycles. The van der Waals surface area contributed by atoms with Gasteiger partial charge in [-0.15, -0.1) is 11.3 Å². The van der Waals surface area contributed by atoms with Crippen molar-refractivity contribution in [3.05, 3.63) is 62.5 Å². The fourth-order valence-corrected chi connectivity index (χ4v) is 3.85. The normalized spacial score (nSPS) is 10.9. The summed E-state index contributed by atoms with van der Waals surface area (Å²) in [6.07, 6.45) is 1.46. The van der Waals surface area contributed by atoms with Crippen LogP contribution in [-0.4, -0.2) is 32.3 Å². The summed E-state index contributed by atoms with van der Waals surface area (Å²) in [6.45, 7) is 0. The molecule has 0 bridgehead atoms. The molecule has 164 valence electrons. The number of hydrogen-bond donors (Lipinski definition) is 1. The van der Waals surface area contributed by atoms with Crippen LogP contribution in [0.1, 0.15) is 15.4 Å². The molecule has 7 nitrogen and oxygen atoms in total. The maximum Gasteiger partial charge on any atom is 0.340 e. The number of esters is 1. The standard InChI is InChI=1S/C22H17Cl2N3O4S/c1-29-19-7-14(22(28)31-3)17(8-20(19)30-2)26-10-13(9-25)21-27-18(11-32-21)12-4-5-15(23)16(24)6-12/h4-8,10-11,26H,1-3H3/b13-10+. The molecule has 0 unspecified atom stereocenters. The Labute approximate surface area is 198 Å². The van der Waals surface area contributed by atoms with E-state index in [0.29, 0.717) is 37.9 Å². The molecule has 0 fully saturated rings. The van der Waals surface area contributed by atoms with Gasteiger partial charge in [0.25, 0.3) is 0 Å². The van der Waals surface area contributed by atoms with E-state index >= 15 is 0 Å². The van der Waals surface area contributed by atoms with Gasteiger partial charge in [0.1, 0.15) is 16.6 Å². The Bertz CT molecular complexity index is 1230. The van der Waals surface area contributed by atoms with E-state index in [9.17, 15) is 10.1 Å². The number of ether oxygens (including phenoxy) is 3. The first kappa shape index (κ1) is 23.4. The summed E-state index contributed by atoms with van der Waals surface area (Å²) in [5.41, 5.74) is 2.30. The van der Waals surface area contributed by atoms with Crippen molar-refractivity contribution in [3.8, 4) is 28.8 Å². The molecule has 1 heterocycles. The van der Waals surface area contributed by atoms with Crippen LogP contribution >= 0.6 is 34.5 Å². The van der Waals surface area contributed by atoms with Crippen molar-refractivity contribution in [2.75, 3.05) is 26.6 Å². The molecular formula is C22H17Cl2N3O4S. The maximum absolute atomic E-state index is 12.2. The Morgan fingerprint density at radius 3 is 2.47 bits per heavy atom. The zero-order chi connectivity index (χ0) is 23.3. The van der Waals surface area contributed by atoms with Crippen LogP contribution in [0.3, 0.4) is 0 Å². The van der Waals surface area contributed by atoms with Crippen LogP contribution in [0.2, 0.25) is 10.0 Å². The van der Waals surface area contributed by atoms with Gasteiger partial charge in [0.2, 0.25) is 0 Å². The number of rotatable bonds is 7. The molecule has 0 aliphatic heterocycles. The van der Waals surface area contributed by atoms with Gasteiger partial charge in [0, 0.05) is 29.3 Å². The number of halogens is 2. The molecule has 0 amide bonds. The number of carbonyl (C=O) groups is 1. The highest BCUT2D eigenvalue weighted by atomic mass is 35.5. The van der Waals surface area contributed by atoms with Crippen molar-refractivity contribution in [1.29, 1.82) is 5.26 Å². The van der Waals surface area contributed by atoms with E-state index in [1.165, 1.54) is 44.9 Å². The van der Waals surface area contributed by atoms with Gasteiger partial charge in [0.05, 0.1) is 48.3 Å². The summed E-state index contributed by atoms with van der Waals surface area (Å²) in [5, 5.41) is 15.8. The predicted octanol–water partition coefficient (Wildman–Crippen LogP) is 5.90. The zero-order valence-corrected chi connectivity index (χ0v) is 19.6. The highest BCUT2D eigenvalue weighted by Crippen LogP contribution is 2.35. The molecule has 32 heavy (non-hydrogen) atoms. The third-order valence-electron chi connectivity index (χ3n) is 4.37. The Morgan fingerprint density at radius 2 is 1.84 bits per heavy atom. The first-order valence-corrected chi connectivity index (χ1v) is 10.7. The van der Waals surface area contributed by atoms with E-state index in [1.807, 2.05) is 5.38 Å². The van der Waals surface area contributed by atoms with Gasteiger partial charge < -0.3 is 19.5 Å². The molecule has 0 saturated heterocycles. The van der Waals surface area contributed by atoms with Crippen LogP contribution < -0.4 is 14.8 Å². The van der Waals surface area contributed by atoms with E-state index in [1.54, 1.807) is 24.3 Å². The van der Waals surface area contributed by atoms with E-state index in [-0.39, 0.29) is 11.1 Å². The summed E-state index contributed by atoms with van der Waals surface area (Å²) < 4.78 is 15.4. The Balaban J connectivity index is 1.94. The van der Waals surface area contributed by atoms with Gasteiger partial charge >= 0.3 is 5.97 Å². The van der Waals surface area contributed by atoms with Crippen molar-refractivity contribution < 1.29 is 19.0 Å². The van der Waals surface area contributed by atoms with Gasteiger partial charge in [-0.3, -0.25) is 0 Å². The number of thiazole rings is 1. The molecule has 0 atom stereocenters. The van der Waals surface area contributed by atoms with Crippen molar-refractivity contribution >= 4 is 51.8 Å². The fraction of sp³-hybridized carbons (Fsp3) is 0.136. The Morgan fingerprint density at radius 1 is 1.12 bits per heavy atom. The lowest BCUT2D eigenvalue weighted by molar-refractivity contribution is 0.0601. The summed E-state index contributed by atoms with van der Waals surface area (Å²) in [7, 11) is 4.23. The first-order valence-electron chi connectivity index (χ1n) is 9.04. The van der Waals surface area contributed by atoms with Gasteiger partial charge in [-0.25, -0.2) is 9.78 Å². The lowest BCUT2D eigenvalue weighted by Gasteiger charge is -2.13. The van der Waals surface area contributed by atoms with Crippen molar-refractivity contribution in [2.45, 2.75) is 0 Å². The zero-order valence-electron chi connectivity index (χ0n) is 17.2. The minimum absolute atomic E-state index is 0.217. The van der Waals surface area contributed by atoms with Crippen LogP contribution in [0.5, 0.6) is 11.5 Å². The summed E-state index contributed by atoms with van der Waals surface area (Å²) in [5.74, 6) is 0.205. The second-order valence-electron chi connectivity index (χ2n) is 6.23. The number of allylic oxidation sites excluding steroid dienone is 1. The molecule has 0 aliphatic rings. The third-order valence-corrected chi connectivity index (χ3v) is 5.99. The van der Waals surface area contributed by atoms with Gasteiger partial charge in [-0.1, -0.05) is 29.3 Å². The first-order chi connectivity index (χ1) is 15.4.